The molecule has 0 atom stereocenters. The van der Waals surface area contributed by atoms with E-state index in [0.29, 0.717) is 12.2 Å². The van der Waals surface area contributed by atoms with Gasteiger partial charge in [-0.1, -0.05) is 60.2 Å². The predicted molar refractivity (Wildman–Crippen MR) is 108 cm³/mol. The van der Waals surface area contributed by atoms with Gasteiger partial charge in [-0.05, 0) is 42.7 Å². The Bertz CT molecular complexity index is 1140. The third kappa shape index (κ3) is 3.49. The largest absolute Gasteiger partial charge is 0.488 e. The first kappa shape index (κ1) is 17.1. The number of benzene rings is 3. The van der Waals surface area contributed by atoms with Gasteiger partial charge in [0.25, 0.3) is 0 Å². The van der Waals surface area contributed by atoms with E-state index >= 15 is 0 Å². The van der Waals surface area contributed by atoms with E-state index in [1.54, 1.807) is 6.07 Å². The van der Waals surface area contributed by atoms with Gasteiger partial charge in [0.2, 0.25) is 0 Å². The maximum absolute atomic E-state index is 12.1. The molecule has 0 saturated heterocycles. The van der Waals surface area contributed by atoms with Crippen molar-refractivity contribution in [1.29, 1.82) is 0 Å². The predicted octanol–water partition coefficient (Wildman–Crippen LogP) is 5.66. The van der Waals surface area contributed by atoms with E-state index in [1.165, 1.54) is 5.56 Å². The van der Waals surface area contributed by atoms with Crippen molar-refractivity contribution in [2.75, 3.05) is 0 Å². The smallest absolute Gasteiger partial charge is 0.336 e. The zero-order chi connectivity index (χ0) is 18.8. The maximum Gasteiger partial charge on any atom is 0.336 e. The van der Waals surface area contributed by atoms with Gasteiger partial charge < -0.3 is 9.15 Å². The number of hydrogen-bond acceptors (Lipinski definition) is 3. The van der Waals surface area contributed by atoms with Crippen molar-refractivity contribution < 1.29 is 9.15 Å². The van der Waals surface area contributed by atoms with Crippen molar-refractivity contribution in [2.24, 2.45) is 0 Å². The van der Waals surface area contributed by atoms with Crippen LogP contribution in [0.4, 0.5) is 0 Å². The highest BCUT2D eigenvalue weighted by Crippen LogP contribution is 2.33. The van der Waals surface area contributed by atoms with Crippen LogP contribution < -0.4 is 10.4 Å². The fraction of sp³-hybridized carbons (Fsp3) is 0.125. The third-order valence-electron chi connectivity index (χ3n) is 4.71. The number of ether oxygens (including phenoxy) is 1. The average molecular weight is 356 g/mol. The molecule has 0 aliphatic carbocycles. The minimum absolute atomic E-state index is 0.361. The zero-order valence-corrected chi connectivity index (χ0v) is 15.4. The number of hydrogen-bond donors (Lipinski definition) is 0. The lowest BCUT2D eigenvalue weighted by Crippen LogP contribution is -2.01. The highest BCUT2D eigenvalue weighted by molar-refractivity contribution is 5.95. The molecule has 0 amide bonds. The molecule has 3 aromatic carbocycles. The second-order valence-electron chi connectivity index (χ2n) is 6.68. The summed E-state index contributed by atoms with van der Waals surface area (Å²) in [4.78, 5) is 12.1. The molecular formula is C24H20O3. The van der Waals surface area contributed by atoms with Gasteiger partial charge >= 0.3 is 5.63 Å². The van der Waals surface area contributed by atoms with Crippen LogP contribution in [-0.2, 0) is 6.61 Å². The van der Waals surface area contributed by atoms with Crippen LogP contribution >= 0.6 is 0 Å². The summed E-state index contributed by atoms with van der Waals surface area (Å²) in [5.41, 5.74) is 5.21. The fourth-order valence-electron chi connectivity index (χ4n) is 3.20. The van der Waals surface area contributed by atoms with Gasteiger partial charge in [-0.15, -0.1) is 0 Å². The molecule has 1 heterocycles. The molecule has 0 N–H and O–H groups in total. The Balaban J connectivity index is 1.73. The first-order valence-corrected chi connectivity index (χ1v) is 8.93. The fourth-order valence-corrected chi connectivity index (χ4v) is 3.20. The number of fused-ring (bicyclic) bond motifs is 1. The van der Waals surface area contributed by atoms with Crippen LogP contribution in [0.1, 0.15) is 16.7 Å². The van der Waals surface area contributed by atoms with Crippen LogP contribution in [0, 0.1) is 13.8 Å². The minimum atomic E-state index is -0.361. The standard InChI is InChI=1S/C24H20O3/c1-16-8-10-18(11-9-16)15-26-22-13-12-20-21(19-6-4-3-5-7-19)14-23(25)27-24(20)17(22)2/h3-14H,15H2,1-2H3. The molecule has 0 spiro atoms. The van der Waals surface area contributed by atoms with Crippen LogP contribution in [0.25, 0.3) is 22.1 Å². The van der Waals surface area contributed by atoms with Gasteiger partial charge in [-0.25, -0.2) is 4.79 Å². The molecule has 0 radical (unpaired) electrons. The van der Waals surface area contributed by atoms with Crippen LogP contribution in [0.3, 0.4) is 0 Å². The third-order valence-corrected chi connectivity index (χ3v) is 4.71. The minimum Gasteiger partial charge on any atom is -0.488 e. The second kappa shape index (κ2) is 7.12. The van der Waals surface area contributed by atoms with E-state index in [4.69, 9.17) is 9.15 Å². The SMILES string of the molecule is Cc1ccc(COc2ccc3c(-c4ccccc4)cc(=O)oc3c2C)cc1. The van der Waals surface area contributed by atoms with Crippen LogP contribution in [0.2, 0.25) is 0 Å². The van der Waals surface area contributed by atoms with E-state index in [1.807, 2.05) is 49.4 Å². The Kier molecular flexibility index (Phi) is 4.51. The van der Waals surface area contributed by atoms with Crippen molar-refractivity contribution in [3.8, 4) is 16.9 Å². The summed E-state index contributed by atoms with van der Waals surface area (Å²) in [6.45, 7) is 4.45. The molecule has 4 aromatic rings. The molecule has 27 heavy (non-hydrogen) atoms. The van der Waals surface area contributed by atoms with E-state index in [2.05, 4.69) is 31.2 Å². The highest BCUT2D eigenvalue weighted by Gasteiger charge is 2.13. The Morgan fingerprint density at radius 1 is 0.889 bits per heavy atom. The molecule has 0 unspecified atom stereocenters. The molecular weight excluding hydrogens is 336 g/mol. The first-order chi connectivity index (χ1) is 13.1. The van der Waals surface area contributed by atoms with Gasteiger partial charge in [-0.2, -0.15) is 0 Å². The molecule has 0 fully saturated rings. The summed E-state index contributed by atoms with van der Waals surface area (Å²) < 4.78 is 11.5. The van der Waals surface area contributed by atoms with Gasteiger partial charge in [0.15, 0.2) is 0 Å². The molecule has 0 aliphatic heterocycles. The van der Waals surface area contributed by atoms with Crippen molar-refractivity contribution in [3.05, 3.63) is 99.9 Å². The van der Waals surface area contributed by atoms with E-state index in [0.717, 1.165) is 33.4 Å². The molecule has 1 aromatic heterocycles. The van der Waals surface area contributed by atoms with Gasteiger partial charge in [0.05, 0.1) is 0 Å². The normalized spacial score (nSPS) is 10.9. The van der Waals surface area contributed by atoms with E-state index < -0.39 is 0 Å². The summed E-state index contributed by atoms with van der Waals surface area (Å²) >= 11 is 0. The topological polar surface area (TPSA) is 39.4 Å². The molecule has 0 aliphatic rings. The molecule has 134 valence electrons. The summed E-state index contributed by atoms with van der Waals surface area (Å²) in [7, 11) is 0. The lowest BCUT2D eigenvalue weighted by atomic mass is 10.0. The highest BCUT2D eigenvalue weighted by atomic mass is 16.5. The summed E-state index contributed by atoms with van der Waals surface area (Å²) in [5, 5.41) is 0.904. The van der Waals surface area contributed by atoms with E-state index in [9.17, 15) is 4.79 Å². The van der Waals surface area contributed by atoms with Crippen LogP contribution in [0.5, 0.6) is 5.75 Å². The summed E-state index contributed by atoms with van der Waals surface area (Å²) in [6.07, 6.45) is 0. The molecule has 3 heteroatoms. The number of rotatable bonds is 4. The summed E-state index contributed by atoms with van der Waals surface area (Å²) in [5.74, 6) is 0.719. The number of aryl methyl sites for hydroxylation is 2. The molecule has 4 rings (SSSR count). The summed E-state index contributed by atoms with van der Waals surface area (Å²) in [6, 6.07) is 23.5. The van der Waals surface area contributed by atoms with Gasteiger partial charge in [0, 0.05) is 17.0 Å². The molecule has 0 saturated carbocycles. The lowest BCUT2D eigenvalue weighted by Gasteiger charge is -2.13. The Morgan fingerprint density at radius 3 is 2.37 bits per heavy atom. The maximum atomic E-state index is 12.1. The van der Waals surface area contributed by atoms with Crippen LogP contribution in [-0.4, -0.2) is 0 Å². The molecule has 0 bridgehead atoms. The van der Waals surface area contributed by atoms with Gasteiger partial charge in [-0.3, -0.25) is 0 Å². The zero-order valence-electron chi connectivity index (χ0n) is 15.4. The Morgan fingerprint density at radius 2 is 1.63 bits per heavy atom. The van der Waals surface area contributed by atoms with Crippen molar-refractivity contribution in [1.82, 2.24) is 0 Å². The lowest BCUT2D eigenvalue weighted by molar-refractivity contribution is 0.304. The second-order valence-corrected chi connectivity index (χ2v) is 6.68. The molecule has 3 nitrogen and oxygen atoms in total. The quantitative estimate of drug-likeness (QED) is 0.443. The Hall–Kier alpha value is -3.33. The average Bonchev–Trinajstić information content (AvgIpc) is 2.69. The van der Waals surface area contributed by atoms with E-state index in [-0.39, 0.29) is 5.63 Å². The van der Waals surface area contributed by atoms with Crippen LogP contribution in [0.15, 0.2) is 82.0 Å². The first-order valence-electron chi connectivity index (χ1n) is 8.93. The van der Waals surface area contributed by atoms with Crippen molar-refractivity contribution >= 4 is 11.0 Å². The Labute approximate surface area is 157 Å². The van der Waals surface area contributed by atoms with Crippen molar-refractivity contribution in [3.63, 3.8) is 0 Å². The monoisotopic (exact) mass is 356 g/mol. The van der Waals surface area contributed by atoms with Gasteiger partial charge in [0.1, 0.15) is 17.9 Å². The van der Waals surface area contributed by atoms with Crippen molar-refractivity contribution in [2.45, 2.75) is 20.5 Å².